The minimum absolute atomic E-state index is 0.133. The lowest BCUT2D eigenvalue weighted by Gasteiger charge is -2.05. The zero-order chi connectivity index (χ0) is 12.5. The molecule has 6 heteroatoms. The maximum Gasteiger partial charge on any atom is 0.455 e. The Kier molecular flexibility index (Phi) is 3.40. The molecule has 0 unspecified atom stereocenters. The third-order valence-electron chi connectivity index (χ3n) is 2.30. The van der Waals surface area contributed by atoms with Crippen LogP contribution in [0, 0.1) is 13.8 Å². The molecule has 0 atom stereocenters. The summed E-state index contributed by atoms with van der Waals surface area (Å²) in [6.07, 6.45) is -4.09. The molecule has 90 valence electrons. The van der Waals surface area contributed by atoms with Gasteiger partial charge in [-0.15, -0.1) is 0 Å². The fourth-order valence-corrected chi connectivity index (χ4v) is 1.60. The molecule has 0 spiro atoms. The molecule has 16 heavy (non-hydrogen) atoms. The van der Waals surface area contributed by atoms with Gasteiger partial charge in [-0.05, 0) is 20.3 Å². The Morgan fingerprint density at radius 3 is 2.38 bits per heavy atom. The molecule has 0 aliphatic rings. The van der Waals surface area contributed by atoms with E-state index < -0.39 is 12.0 Å². The first-order valence-electron chi connectivity index (χ1n) is 4.94. The maximum absolute atomic E-state index is 12.3. The van der Waals surface area contributed by atoms with Gasteiger partial charge >= 0.3 is 6.18 Å². The number of hydrogen-bond acceptors (Lipinski definition) is 2. The average molecular weight is 234 g/mol. The van der Waals surface area contributed by atoms with Crippen molar-refractivity contribution >= 4 is 5.78 Å². The molecule has 0 fully saturated rings. The molecule has 0 aliphatic heterocycles. The molecule has 0 N–H and O–H groups in total. The van der Waals surface area contributed by atoms with Gasteiger partial charge in [-0.2, -0.15) is 18.3 Å². The zero-order valence-electron chi connectivity index (χ0n) is 9.35. The van der Waals surface area contributed by atoms with Crippen LogP contribution in [-0.2, 0) is 6.54 Å². The number of hydrogen-bond donors (Lipinski definition) is 0. The Labute approximate surface area is 91.3 Å². The van der Waals surface area contributed by atoms with Gasteiger partial charge in [0.25, 0.3) is 5.78 Å². The summed E-state index contributed by atoms with van der Waals surface area (Å²) in [6.45, 7) is 5.30. The van der Waals surface area contributed by atoms with Crippen molar-refractivity contribution < 1.29 is 18.0 Å². The fraction of sp³-hybridized carbons (Fsp3) is 0.600. The van der Waals surface area contributed by atoms with E-state index in [1.54, 1.807) is 0 Å². The van der Waals surface area contributed by atoms with E-state index in [1.807, 2.05) is 6.92 Å². The predicted octanol–water partition coefficient (Wildman–Crippen LogP) is 2.65. The van der Waals surface area contributed by atoms with E-state index in [1.165, 1.54) is 18.5 Å². The van der Waals surface area contributed by atoms with Crippen LogP contribution >= 0.6 is 0 Å². The number of carbonyl (C=O) groups excluding carboxylic acids is 1. The summed E-state index contributed by atoms with van der Waals surface area (Å²) in [5.74, 6) is -1.81. The number of halogens is 3. The molecular weight excluding hydrogens is 221 g/mol. The van der Waals surface area contributed by atoms with E-state index in [4.69, 9.17) is 0 Å². The molecular formula is C10H13F3N2O. The molecule has 1 aromatic rings. The van der Waals surface area contributed by atoms with Crippen molar-refractivity contribution in [1.82, 2.24) is 9.78 Å². The second-order valence-electron chi connectivity index (χ2n) is 3.60. The average Bonchev–Trinajstić information content (AvgIpc) is 2.40. The van der Waals surface area contributed by atoms with E-state index >= 15 is 0 Å². The van der Waals surface area contributed by atoms with Crippen molar-refractivity contribution in [3.63, 3.8) is 0 Å². The van der Waals surface area contributed by atoms with Gasteiger partial charge in [-0.1, -0.05) is 6.92 Å². The number of alkyl halides is 3. The van der Waals surface area contributed by atoms with Gasteiger partial charge in [0.1, 0.15) is 0 Å². The van der Waals surface area contributed by atoms with Crippen molar-refractivity contribution in [3.05, 3.63) is 17.0 Å². The summed E-state index contributed by atoms with van der Waals surface area (Å²) in [6, 6.07) is 0. The molecule has 0 amide bonds. The van der Waals surface area contributed by atoms with Crippen LogP contribution in [0.1, 0.15) is 35.1 Å². The van der Waals surface area contributed by atoms with Crippen molar-refractivity contribution in [2.24, 2.45) is 0 Å². The first-order valence-corrected chi connectivity index (χ1v) is 4.94. The van der Waals surface area contributed by atoms with Gasteiger partial charge in [0, 0.05) is 12.2 Å². The number of nitrogens with zero attached hydrogens (tertiary/aromatic N) is 2. The van der Waals surface area contributed by atoms with E-state index in [-0.39, 0.29) is 17.0 Å². The van der Waals surface area contributed by atoms with Crippen LogP contribution in [0.25, 0.3) is 0 Å². The van der Waals surface area contributed by atoms with E-state index in [0.717, 1.165) is 6.42 Å². The van der Waals surface area contributed by atoms with Gasteiger partial charge in [0.2, 0.25) is 0 Å². The number of aryl methyl sites for hydroxylation is 2. The molecule has 0 radical (unpaired) electrons. The lowest BCUT2D eigenvalue weighted by atomic mass is 10.1. The highest BCUT2D eigenvalue weighted by molar-refractivity contribution is 6.02. The van der Waals surface area contributed by atoms with Gasteiger partial charge in [-0.25, -0.2) is 0 Å². The fourth-order valence-electron chi connectivity index (χ4n) is 1.60. The van der Waals surface area contributed by atoms with Gasteiger partial charge in [0.15, 0.2) is 0 Å². The lowest BCUT2D eigenvalue weighted by molar-refractivity contribution is -0.0886. The quantitative estimate of drug-likeness (QED) is 0.753. The summed E-state index contributed by atoms with van der Waals surface area (Å²) < 4.78 is 38.3. The summed E-state index contributed by atoms with van der Waals surface area (Å²) in [5, 5.41) is 3.93. The smallest absolute Gasteiger partial charge is 0.284 e. The molecule has 0 aromatic carbocycles. The highest BCUT2D eigenvalue weighted by atomic mass is 19.4. The van der Waals surface area contributed by atoms with Gasteiger partial charge in [-0.3, -0.25) is 9.48 Å². The molecule has 0 aliphatic carbocycles. The predicted molar refractivity (Wildman–Crippen MR) is 52.4 cm³/mol. The Hall–Kier alpha value is -1.33. The van der Waals surface area contributed by atoms with Crippen LogP contribution in [0.5, 0.6) is 0 Å². The number of rotatable bonds is 3. The highest BCUT2D eigenvalue weighted by Crippen LogP contribution is 2.25. The minimum Gasteiger partial charge on any atom is -0.284 e. The summed E-state index contributed by atoms with van der Waals surface area (Å²) in [7, 11) is 0. The van der Waals surface area contributed by atoms with Crippen LogP contribution < -0.4 is 0 Å². The highest BCUT2D eigenvalue weighted by Gasteiger charge is 2.42. The van der Waals surface area contributed by atoms with Gasteiger partial charge in [0.05, 0.1) is 11.3 Å². The maximum atomic E-state index is 12.3. The number of ketones is 1. The second kappa shape index (κ2) is 4.27. The monoisotopic (exact) mass is 234 g/mol. The third kappa shape index (κ3) is 2.25. The van der Waals surface area contributed by atoms with E-state index in [9.17, 15) is 18.0 Å². The first-order chi connectivity index (χ1) is 7.29. The Balaban J connectivity index is 3.20. The second-order valence-corrected chi connectivity index (χ2v) is 3.60. The normalized spacial score (nSPS) is 11.9. The summed E-state index contributed by atoms with van der Waals surface area (Å²) >= 11 is 0. The first kappa shape index (κ1) is 12.7. The van der Waals surface area contributed by atoms with Crippen molar-refractivity contribution in [2.45, 2.75) is 39.9 Å². The Morgan fingerprint density at radius 1 is 1.38 bits per heavy atom. The standard InChI is InChI=1S/C10H13F3N2O/c1-4-5-15-7(3)8(6(2)14-15)9(16)10(11,12)13/h4-5H2,1-3H3. The van der Waals surface area contributed by atoms with Crippen LogP contribution in [0.15, 0.2) is 0 Å². The van der Waals surface area contributed by atoms with E-state index in [2.05, 4.69) is 5.10 Å². The molecule has 3 nitrogen and oxygen atoms in total. The molecule has 1 aromatic heterocycles. The molecule has 0 saturated carbocycles. The SMILES string of the molecule is CCCn1nc(C)c(C(=O)C(F)(F)F)c1C. The van der Waals surface area contributed by atoms with Crippen LogP contribution in [0.2, 0.25) is 0 Å². The topological polar surface area (TPSA) is 34.9 Å². The zero-order valence-corrected chi connectivity index (χ0v) is 9.35. The summed E-state index contributed by atoms with van der Waals surface area (Å²) in [5.41, 5.74) is 0.0934. The van der Waals surface area contributed by atoms with Crippen molar-refractivity contribution in [1.29, 1.82) is 0 Å². The number of aromatic nitrogens is 2. The minimum atomic E-state index is -4.84. The third-order valence-corrected chi connectivity index (χ3v) is 2.30. The van der Waals surface area contributed by atoms with Crippen LogP contribution in [0.3, 0.4) is 0 Å². The van der Waals surface area contributed by atoms with Crippen molar-refractivity contribution in [3.8, 4) is 0 Å². The molecule has 1 rings (SSSR count). The number of carbonyl (C=O) groups is 1. The largest absolute Gasteiger partial charge is 0.455 e. The Bertz CT molecular complexity index is 407. The van der Waals surface area contributed by atoms with Crippen LogP contribution in [-0.4, -0.2) is 21.7 Å². The van der Waals surface area contributed by atoms with Gasteiger partial charge < -0.3 is 0 Å². The van der Waals surface area contributed by atoms with Crippen LogP contribution in [0.4, 0.5) is 13.2 Å². The van der Waals surface area contributed by atoms with E-state index in [0.29, 0.717) is 6.54 Å². The van der Waals surface area contributed by atoms with Crippen molar-refractivity contribution in [2.75, 3.05) is 0 Å². The number of Topliss-reactive ketones (excluding diaryl/α,β-unsaturated/α-hetero) is 1. The molecule has 0 bridgehead atoms. The molecule has 0 saturated heterocycles. The lowest BCUT2D eigenvalue weighted by Crippen LogP contribution is -2.24. The summed E-state index contributed by atoms with van der Waals surface area (Å²) in [4.78, 5) is 11.1. The Morgan fingerprint density at radius 2 is 1.94 bits per heavy atom. The molecule has 1 heterocycles.